The summed E-state index contributed by atoms with van der Waals surface area (Å²) in [7, 11) is 0. The number of nitro groups is 1. The molecule has 8 heteroatoms. The first-order valence-corrected chi connectivity index (χ1v) is 6.24. The number of ether oxygens (including phenoxy) is 1. The summed E-state index contributed by atoms with van der Waals surface area (Å²) in [5, 5.41) is 10.9. The topological polar surface area (TPSA) is 78.2 Å². The number of halogens is 2. The predicted molar refractivity (Wildman–Crippen MR) is 70.6 cm³/mol. The molecule has 0 amide bonds. The quantitative estimate of drug-likeness (QED) is 0.604. The fraction of sp³-hybridized carbons (Fsp3) is 0. The van der Waals surface area contributed by atoms with Crippen molar-refractivity contribution in [1.82, 2.24) is 9.97 Å². The lowest BCUT2D eigenvalue weighted by atomic mass is 10.3. The van der Waals surface area contributed by atoms with Gasteiger partial charge in [0.15, 0.2) is 0 Å². The summed E-state index contributed by atoms with van der Waals surface area (Å²) >= 11 is 6.37. The molecule has 0 spiro atoms. The third-order valence-electron chi connectivity index (χ3n) is 1.96. The van der Waals surface area contributed by atoms with Gasteiger partial charge in [-0.2, -0.15) is 0 Å². The Hall–Kier alpha value is -1.54. The minimum Gasteiger partial charge on any atom is -0.431 e. The minimum atomic E-state index is -0.519. The van der Waals surface area contributed by atoms with Crippen LogP contribution in [0.3, 0.4) is 0 Å². The van der Waals surface area contributed by atoms with Gasteiger partial charge in [-0.1, -0.05) is 15.9 Å². The Morgan fingerprint density at radius 3 is 2.78 bits per heavy atom. The van der Waals surface area contributed by atoms with Gasteiger partial charge < -0.3 is 4.74 Å². The van der Waals surface area contributed by atoms with E-state index in [1.54, 1.807) is 6.07 Å². The van der Waals surface area contributed by atoms with Crippen molar-refractivity contribution >= 4 is 37.5 Å². The zero-order chi connectivity index (χ0) is 13.1. The highest BCUT2D eigenvalue weighted by Gasteiger charge is 2.17. The maximum atomic E-state index is 10.9. The minimum absolute atomic E-state index is 0.114. The summed E-state index contributed by atoms with van der Waals surface area (Å²) in [4.78, 5) is 18.1. The highest BCUT2D eigenvalue weighted by Crippen LogP contribution is 2.34. The van der Waals surface area contributed by atoms with Crippen molar-refractivity contribution in [3.05, 3.63) is 49.8 Å². The maximum absolute atomic E-state index is 10.9. The van der Waals surface area contributed by atoms with Gasteiger partial charge in [0.05, 0.1) is 9.40 Å². The number of hydrogen-bond acceptors (Lipinski definition) is 5. The molecule has 0 unspecified atom stereocenters. The van der Waals surface area contributed by atoms with Crippen molar-refractivity contribution in [2.24, 2.45) is 0 Å². The SMILES string of the molecule is O=[N+]([O-])c1cc(Br)ccc1Oc1ncncc1Br. The van der Waals surface area contributed by atoms with Crippen LogP contribution in [0.25, 0.3) is 0 Å². The monoisotopic (exact) mass is 373 g/mol. The molecule has 0 aliphatic carbocycles. The smallest absolute Gasteiger partial charge is 0.312 e. The van der Waals surface area contributed by atoms with E-state index < -0.39 is 4.92 Å². The van der Waals surface area contributed by atoms with Gasteiger partial charge in [-0.3, -0.25) is 10.1 Å². The lowest BCUT2D eigenvalue weighted by molar-refractivity contribution is -0.385. The number of hydrogen-bond donors (Lipinski definition) is 0. The summed E-state index contributed by atoms with van der Waals surface area (Å²) in [6.07, 6.45) is 2.79. The molecule has 6 nitrogen and oxygen atoms in total. The van der Waals surface area contributed by atoms with Crippen LogP contribution in [0.15, 0.2) is 39.7 Å². The first-order chi connectivity index (χ1) is 8.58. The fourth-order valence-electron chi connectivity index (χ4n) is 1.20. The maximum Gasteiger partial charge on any atom is 0.312 e. The van der Waals surface area contributed by atoms with E-state index in [4.69, 9.17) is 4.74 Å². The third kappa shape index (κ3) is 2.82. The first kappa shape index (κ1) is 12.9. The van der Waals surface area contributed by atoms with Gasteiger partial charge in [-0.15, -0.1) is 0 Å². The molecule has 0 saturated heterocycles. The molecule has 92 valence electrons. The van der Waals surface area contributed by atoms with Gasteiger partial charge in [0.25, 0.3) is 0 Å². The van der Waals surface area contributed by atoms with Crippen LogP contribution in [0.2, 0.25) is 0 Å². The summed E-state index contributed by atoms with van der Waals surface area (Å²) < 4.78 is 6.51. The normalized spacial score (nSPS) is 10.1. The second-order valence-electron chi connectivity index (χ2n) is 3.15. The van der Waals surface area contributed by atoms with Crippen LogP contribution in [0.1, 0.15) is 0 Å². The molecule has 0 aliphatic rings. The molecule has 1 aromatic carbocycles. The molecule has 1 aromatic heterocycles. The second kappa shape index (κ2) is 5.40. The zero-order valence-corrected chi connectivity index (χ0v) is 11.9. The average molecular weight is 375 g/mol. The van der Waals surface area contributed by atoms with Gasteiger partial charge in [0, 0.05) is 16.7 Å². The molecule has 0 bridgehead atoms. The van der Waals surface area contributed by atoms with Crippen LogP contribution in [0.5, 0.6) is 11.6 Å². The molecule has 2 aromatic rings. The molecule has 0 N–H and O–H groups in total. The van der Waals surface area contributed by atoms with Crippen molar-refractivity contribution in [1.29, 1.82) is 0 Å². The number of rotatable bonds is 3. The van der Waals surface area contributed by atoms with Crippen molar-refractivity contribution < 1.29 is 9.66 Å². The summed E-state index contributed by atoms with van der Waals surface area (Å²) in [5.41, 5.74) is -0.144. The molecule has 0 aliphatic heterocycles. The molecule has 0 fully saturated rings. The van der Waals surface area contributed by atoms with E-state index in [0.717, 1.165) is 0 Å². The van der Waals surface area contributed by atoms with Crippen LogP contribution in [0, 0.1) is 10.1 Å². The van der Waals surface area contributed by atoms with Gasteiger partial charge in [-0.25, -0.2) is 9.97 Å². The predicted octanol–water partition coefficient (Wildman–Crippen LogP) is 3.70. The van der Waals surface area contributed by atoms with E-state index in [1.165, 1.54) is 24.7 Å². The number of nitro benzene ring substituents is 1. The Morgan fingerprint density at radius 2 is 2.11 bits per heavy atom. The standard InChI is InChI=1S/C10H5Br2N3O3/c11-6-1-2-9(8(3-6)15(16)17)18-10-7(12)4-13-5-14-10/h1-5H. The zero-order valence-electron chi connectivity index (χ0n) is 8.71. The van der Waals surface area contributed by atoms with Gasteiger partial charge in [0.2, 0.25) is 11.6 Å². The Bertz CT molecular complexity index is 607. The summed E-state index contributed by atoms with van der Waals surface area (Å²) in [6.45, 7) is 0. The van der Waals surface area contributed by atoms with Gasteiger partial charge in [0.1, 0.15) is 6.33 Å². The summed E-state index contributed by atoms with van der Waals surface area (Å²) in [6, 6.07) is 4.51. The fourth-order valence-corrected chi connectivity index (χ4v) is 1.85. The van der Waals surface area contributed by atoms with Gasteiger partial charge >= 0.3 is 5.69 Å². The van der Waals surface area contributed by atoms with Gasteiger partial charge in [-0.05, 0) is 28.1 Å². The van der Waals surface area contributed by atoms with Crippen molar-refractivity contribution in [2.75, 3.05) is 0 Å². The van der Waals surface area contributed by atoms with Crippen molar-refractivity contribution in [2.45, 2.75) is 0 Å². The van der Waals surface area contributed by atoms with Crippen LogP contribution in [0.4, 0.5) is 5.69 Å². The largest absolute Gasteiger partial charge is 0.431 e. The Balaban J connectivity index is 2.41. The lowest BCUT2D eigenvalue weighted by Gasteiger charge is -2.06. The highest BCUT2D eigenvalue weighted by molar-refractivity contribution is 9.10. The average Bonchev–Trinajstić information content (AvgIpc) is 2.34. The molecular formula is C10H5Br2N3O3. The van der Waals surface area contributed by atoms with Crippen LogP contribution in [-0.2, 0) is 0 Å². The summed E-state index contributed by atoms with van der Waals surface area (Å²) in [5.74, 6) is 0.332. The third-order valence-corrected chi connectivity index (χ3v) is 3.00. The van der Waals surface area contributed by atoms with Crippen molar-refractivity contribution in [3.8, 4) is 11.6 Å². The Morgan fingerprint density at radius 1 is 1.33 bits per heavy atom. The van der Waals surface area contributed by atoms with E-state index in [2.05, 4.69) is 41.8 Å². The molecule has 2 rings (SSSR count). The second-order valence-corrected chi connectivity index (χ2v) is 4.92. The number of nitrogens with zero attached hydrogens (tertiary/aromatic N) is 3. The van der Waals surface area contributed by atoms with E-state index in [-0.39, 0.29) is 17.3 Å². The molecule has 0 atom stereocenters. The van der Waals surface area contributed by atoms with Crippen molar-refractivity contribution in [3.63, 3.8) is 0 Å². The molecule has 0 radical (unpaired) electrons. The number of benzene rings is 1. The Kier molecular flexibility index (Phi) is 3.87. The molecule has 18 heavy (non-hydrogen) atoms. The van der Waals surface area contributed by atoms with E-state index in [0.29, 0.717) is 8.95 Å². The van der Waals surface area contributed by atoms with Crippen LogP contribution < -0.4 is 4.74 Å². The Labute approximate surface area is 118 Å². The first-order valence-electron chi connectivity index (χ1n) is 4.65. The highest BCUT2D eigenvalue weighted by atomic mass is 79.9. The molecule has 1 heterocycles. The van der Waals surface area contributed by atoms with E-state index in [9.17, 15) is 10.1 Å². The number of aromatic nitrogens is 2. The van der Waals surface area contributed by atoms with Crippen LogP contribution >= 0.6 is 31.9 Å². The van der Waals surface area contributed by atoms with E-state index in [1.807, 2.05) is 0 Å². The van der Waals surface area contributed by atoms with Crippen LogP contribution in [-0.4, -0.2) is 14.9 Å². The van der Waals surface area contributed by atoms with E-state index >= 15 is 0 Å². The molecular weight excluding hydrogens is 370 g/mol. The molecule has 0 saturated carbocycles. The lowest BCUT2D eigenvalue weighted by Crippen LogP contribution is -1.95.